The van der Waals surface area contributed by atoms with Crippen LogP contribution in [0.3, 0.4) is 0 Å². The maximum absolute atomic E-state index is 13.1. The quantitative estimate of drug-likeness (QED) is 0.662. The molecule has 0 saturated carbocycles. The molecule has 2 aliphatic rings. The number of carbonyl (C=O) groups is 2. The van der Waals surface area contributed by atoms with Crippen molar-refractivity contribution in [3.05, 3.63) is 90.5 Å². The average Bonchev–Trinajstić information content (AvgIpc) is 3.35. The van der Waals surface area contributed by atoms with Crippen molar-refractivity contribution in [3.63, 3.8) is 0 Å². The Hall–Kier alpha value is -3.05. The van der Waals surface area contributed by atoms with E-state index in [1.54, 1.807) is 11.8 Å². The van der Waals surface area contributed by atoms with E-state index in [4.69, 9.17) is 0 Å². The fourth-order valence-electron chi connectivity index (χ4n) is 4.44. The van der Waals surface area contributed by atoms with Crippen LogP contribution in [0.25, 0.3) is 11.1 Å². The van der Waals surface area contributed by atoms with E-state index < -0.39 is 10.9 Å². The predicted molar refractivity (Wildman–Crippen MR) is 121 cm³/mol. The van der Waals surface area contributed by atoms with Crippen molar-refractivity contribution < 1.29 is 9.59 Å². The molecule has 5 rings (SSSR count). The third-order valence-corrected chi connectivity index (χ3v) is 7.51. The lowest BCUT2D eigenvalue weighted by Gasteiger charge is -2.34. The Morgan fingerprint density at radius 3 is 2.23 bits per heavy atom. The zero-order valence-corrected chi connectivity index (χ0v) is 17.3. The largest absolute Gasteiger partial charge is 0.324 e. The number of anilines is 1. The molecule has 2 amide bonds. The van der Waals surface area contributed by atoms with E-state index >= 15 is 0 Å². The summed E-state index contributed by atoms with van der Waals surface area (Å²) < 4.78 is 0. The van der Waals surface area contributed by atoms with E-state index in [1.807, 2.05) is 65.6 Å². The van der Waals surface area contributed by atoms with Crippen molar-refractivity contribution in [2.75, 3.05) is 11.1 Å². The molecule has 0 aromatic heterocycles. The number of rotatable bonds is 4. The smallest absolute Gasteiger partial charge is 0.248 e. The van der Waals surface area contributed by atoms with Gasteiger partial charge in [-0.2, -0.15) is 0 Å². The lowest BCUT2D eigenvalue weighted by Crippen LogP contribution is -2.48. The van der Waals surface area contributed by atoms with Gasteiger partial charge in [-0.05, 0) is 35.2 Å². The summed E-state index contributed by atoms with van der Waals surface area (Å²) in [7, 11) is 0. The highest BCUT2D eigenvalue weighted by Gasteiger charge is 2.56. The number of nitrogens with one attached hydrogen (secondary N) is 1. The normalized spacial score (nSPS) is 22.7. The van der Waals surface area contributed by atoms with Crippen LogP contribution in [0.1, 0.15) is 18.4 Å². The molecule has 2 saturated heterocycles. The molecule has 2 atom stereocenters. The van der Waals surface area contributed by atoms with Gasteiger partial charge in [-0.1, -0.05) is 72.8 Å². The number of benzene rings is 3. The summed E-state index contributed by atoms with van der Waals surface area (Å²) in [6.07, 6.45) is 1.23. The number of nitrogens with zero attached hydrogens (tertiary/aromatic N) is 1. The highest BCUT2D eigenvalue weighted by molar-refractivity contribution is 8.00. The van der Waals surface area contributed by atoms with Gasteiger partial charge in [0.25, 0.3) is 0 Å². The van der Waals surface area contributed by atoms with E-state index in [-0.39, 0.29) is 11.8 Å². The highest BCUT2D eigenvalue weighted by atomic mass is 32.2. The minimum atomic E-state index is -0.459. The molecular weight excluding hydrogens is 392 g/mol. The number of carbonyl (C=O) groups excluding carboxylic acids is 2. The molecule has 4 nitrogen and oxygen atoms in total. The van der Waals surface area contributed by atoms with Gasteiger partial charge in [0, 0.05) is 17.9 Å². The van der Waals surface area contributed by atoms with Crippen LogP contribution in [-0.4, -0.2) is 28.5 Å². The Morgan fingerprint density at radius 2 is 1.53 bits per heavy atom. The molecule has 0 spiro atoms. The van der Waals surface area contributed by atoms with Gasteiger partial charge in [0.1, 0.15) is 10.9 Å². The number of amides is 2. The van der Waals surface area contributed by atoms with Gasteiger partial charge in [0.2, 0.25) is 11.8 Å². The van der Waals surface area contributed by atoms with Gasteiger partial charge < -0.3 is 10.2 Å². The van der Waals surface area contributed by atoms with Crippen molar-refractivity contribution in [1.82, 2.24) is 4.90 Å². The third-order valence-electron chi connectivity index (χ3n) is 5.91. The predicted octanol–water partition coefficient (Wildman–Crippen LogP) is 4.88. The van der Waals surface area contributed by atoms with E-state index in [9.17, 15) is 9.59 Å². The minimum Gasteiger partial charge on any atom is -0.324 e. The van der Waals surface area contributed by atoms with Gasteiger partial charge in [-0.3, -0.25) is 9.59 Å². The highest BCUT2D eigenvalue weighted by Crippen LogP contribution is 2.54. The summed E-state index contributed by atoms with van der Waals surface area (Å²) in [5.41, 5.74) is 4.08. The van der Waals surface area contributed by atoms with E-state index in [0.717, 1.165) is 28.8 Å². The molecule has 3 aromatic rings. The number of hydrogen-bond acceptors (Lipinski definition) is 3. The zero-order chi connectivity index (χ0) is 20.6. The Kier molecular flexibility index (Phi) is 4.83. The molecule has 2 fully saturated rings. The first kappa shape index (κ1) is 18.9. The molecule has 2 aliphatic heterocycles. The first-order valence-electron chi connectivity index (χ1n) is 10.2. The molecule has 0 bridgehead atoms. The van der Waals surface area contributed by atoms with E-state index in [1.165, 1.54) is 0 Å². The lowest BCUT2D eigenvalue weighted by molar-refractivity contribution is -0.136. The van der Waals surface area contributed by atoms with Gasteiger partial charge in [-0.25, -0.2) is 0 Å². The van der Waals surface area contributed by atoms with Gasteiger partial charge >= 0.3 is 0 Å². The van der Waals surface area contributed by atoms with Crippen LogP contribution in [0.5, 0.6) is 0 Å². The second kappa shape index (κ2) is 7.65. The third kappa shape index (κ3) is 3.19. The Labute approximate surface area is 180 Å². The summed E-state index contributed by atoms with van der Waals surface area (Å²) in [5.74, 6) is 0.542. The van der Waals surface area contributed by atoms with Crippen LogP contribution in [0.2, 0.25) is 0 Å². The van der Waals surface area contributed by atoms with Crippen molar-refractivity contribution in [1.29, 1.82) is 0 Å². The molecule has 2 heterocycles. The summed E-state index contributed by atoms with van der Waals surface area (Å²) in [5, 5.41) is 3.02. The topological polar surface area (TPSA) is 49.4 Å². The zero-order valence-electron chi connectivity index (χ0n) is 16.5. The number of fused-ring (bicyclic) bond motifs is 1. The van der Waals surface area contributed by atoms with Crippen LogP contribution in [0.4, 0.5) is 5.69 Å². The second-order valence-electron chi connectivity index (χ2n) is 7.67. The summed E-state index contributed by atoms with van der Waals surface area (Å²) in [6, 6.07) is 27.6. The van der Waals surface area contributed by atoms with Crippen LogP contribution in [-0.2, 0) is 14.5 Å². The Bertz CT molecular complexity index is 1070. The molecule has 0 aliphatic carbocycles. The molecular formula is C25H22N2O2S. The maximum atomic E-state index is 13.1. The number of thioether (sulfide) groups is 1. The first-order chi connectivity index (χ1) is 14.7. The Balaban J connectivity index is 1.35. The van der Waals surface area contributed by atoms with Crippen molar-refractivity contribution in [2.24, 2.45) is 0 Å². The van der Waals surface area contributed by atoms with Crippen LogP contribution in [0.15, 0.2) is 84.9 Å². The summed E-state index contributed by atoms with van der Waals surface area (Å²) >= 11 is 1.71. The van der Waals surface area contributed by atoms with Gasteiger partial charge in [0.05, 0.1) is 0 Å². The van der Waals surface area contributed by atoms with Crippen molar-refractivity contribution in [2.45, 2.75) is 23.8 Å². The first-order valence-corrected chi connectivity index (χ1v) is 11.1. The minimum absolute atomic E-state index is 0.0587. The second-order valence-corrected chi connectivity index (χ2v) is 8.97. The summed E-state index contributed by atoms with van der Waals surface area (Å²) in [6.45, 7) is 0. The SMILES string of the molecule is O=C(Nc1ccc(-c2ccccc2)cc1)[C@@H]1CS[C@]2(c3ccccc3)CCC(=O)N12. The monoisotopic (exact) mass is 414 g/mol. The van der Waals surface area contributed by atoms with Crippen molar-refractivity contribution >= 4 is 29.3 Å². The maximum Gasteiger partial charge on any atom is 0.248 e. The average molecular weight is 415 g/mol. The molecule has 1 N–H and O–H groups in total. The van der Waals surface area contributed by atoms with E-state index in [2.05, 4.69) is 29.6 Å². The Morgan fingerprint density at radius 1 is 0.900 bits per heavy atom. The fraction of sp³-hybridized carbons (Fsp3) is 0.200. The van der Waals surface area contributed by atoms with Gasteiger partial charge in [0.15, 0.2) is 0 Å². The molecule has 3 aromatic carbocycles. The molecule has 0 radical (unpaired) electrons. The molecule has 5 heteroatoms. The number of hydrogen-bond donors (Lipinski definition) is 1. The molecule has 30 heavy (non-hydrogen) atoms. The van der Waals surface area contributed by atoms with Crippen LogP contribution >= 0.6 is 11.8 Å². The van der Waals surface area contributed by atoms with Crippen LogP contribution in [0, 0.1) is 0 Å². The summed E-state index contributed by atoms with van der Waals surface area (Å²) in [4.78, 5) is 27.2. The fourth-order valence-corrected chi connectivity index (χ4v) is 6.09. The van der Waals surface area contributed by atoms with Gasteiger partial charge in [-0.15, -0.1) is 11.8 Å². The standard InChI is InChI=1S/C25H22N2O2S/c28-23-15-16-25(20-9-5-2-6-10-20)27(23)22(17-30-25)24(29)26-21-13-11-19(12-14-21)18-7-3-1-4-8-18/h1-14,22H,15-17H2,(H,26,29)/t22-,25-/m0/s1. The van der Waals surface area contributed by atoms with Crippen molar-refractivity contribution in [3.8, 4) is 11.1 Å². The van der Waals surface area contributed by atoms with E-state index in [0.29, 0.717) is 12.2 Å². The lowest BCUT2D eigenvalue weighted by atomic mass is 10.0. The molecule has 150 valence electrons. The molecule has 0 unspecified atom stereocenters. The van der Waals surface area contributed by atoms with Crippen LogP contribution < -0.4 is 5.32 Å².